The molecule has 0 unspecified atom stereocenters. The summed E-state index contributed by atoms with van der Waals surface area (Å²) in [6.45, 7) is 4.29. The van der Waals surface area contributed by atoms with Gasteiger partial charge in [-0.1, -0.05) is 24.3 Å². The molecule has 4 nitrogen and oxygen atoms in total. The maximum Gasteiger partial charge on any atom is 0.264 e. The minimum absolute atomic E-state index is 0.00585. The second-order valence-corrected chi connectivity index (χ2v) is 5.43. The maximum absolute atomic E-state index is 12.2. The standard InChI is InChI=1S/C15H18N2O2S/c1-2-3-4-7-14(18)16-8-10-17(11-9-16)15(19)13-6-5-12-20-13/h2-7,12H,8-11H2,1H3/b3-2+,7-4+. The molecular formula is C15H18N2O2S. The Morgan fingerprint density at radius 1 is 1.15 bits per heavy atom. The van der Waals surface area contributed by atoms with Gasteiger partial charge in [0, 0.05) is 32.3 Å². The lowest BCUT2D eigenvalue weighted by molar-refractivity contribution is -0.127. The largest absolute Gasteiger partial charge is 0.336 e. The number of hydrogen-bond donors (Lipinski definition) is 0. The van der Waals surface area contributed by atoms with E-state index in [4.69, 9.17) is 0 Å². The van der Waals surface area contributed by atoms with Crippen molar-refractivity contribution < 1.29 is 9.59 Å². The van der Waals surface area contributed by atoms with Crippen LogP contribution in [0.2, 0.25) is 0 Å². The highest BCUT2D eigenvalue weighted by Crippen LogP contribution is 2.13. The van der Waals surface area contributed by atoms with Crippen LogP contribution in [0.15, 0.2) is 41.8 Å². The van der Waals surface area contributed by atoms with Gasteiger partial charge in [0.15, 0.2) is 0 Å². The first-order chi connectivity index (χ1) is 9.72. The zero-order chi connectivity index (χ0) is 14.4. The average Bonchev–Trinajstić information content (AvgIpc) is 3.01. The van der Waals surface area contributed by atoms with Gasteiger partial charge in [-0.25, -0.2) is 0 Å². The Hall–Kier alpha value is -1.88. The fourth-order valence-electron chi connectivity index (χ4n) is 2.04. The van der Waals surface area contributed by atoms with Crippen molar-refractivity contribution in [1.82, 2.24) is 9.80 Å². The van der Waals surface area contributed by atoms with Crippen LogP contribution >= 0.6 is 11.3 Å². The minimum Gasteiger partial charge on any atom is -0.336 e. The van der Waals surface area contributed by atoms with E-state index in [0.29, 0.717) is 26.2 Å². The van der Waals surface area contributed by atoms with Crippen molar-refractivity contribution in [3.63, 3.8) is 0 Å². The van der Waals surface area contributed by atoms with Crippen LogP contribution in [0.3, 0.4) is 0 Å². The minimum atomic E-state index is 0.00585. The Morgan fingerprint density at radius 3 is 2.45 bits per heavy atom. The van der Waals surface area contributed by atoms with Crippen molar-refractivity contribution >= 4 is 23.2 Å². The van der Waals surface area contributed by atoms with Crippen molar-refractivity contribution in [1.29, 1.82) is 0 Å². The van der Waals surface area contributed by atoms with E-state index >= 15 is 0 Å². The number of amides is 2. The first-order valence-electron chi connectivity index (χ1n) is 6.63. The molecule has 5 heteroatoms. The third-order valence-corrected chi connectivity index (χ3v) is 4.01. The molecular weight excluding hydrogens is 272 g/mol. The Labute approximate surface area is 123 Å². The van der Waals surface area contributed by atoms with Crippen molar-refractivity contribution in [2.24, 2.45) is 0 Å². The van der Waals surface area contributed by atoms with Crippen LogP contribution in [0.4, 0.5) is 0 Å². The van der Waals surface area contributed by atoms with Crippen molar-refractivity contribution in [2.45, 2.75) is 6.92 Å². The van der Waals surface area contributed by atoms with Crippen LogP contribution in [0.1, 0.15) is 16.6 Å². The molecule has 0 bridgehead atoms. The Balaban J connectivity index is 1.86. The topological polar surface area (TPSA) is 40.6 Å². The highest BCUT2D eigenvalue weighted by Gasteiger charge is 2.24. The van der Waals surface area contributed by atoms with E-state index in [9.17, 15) is 9.59 Å². The number of hydrogen-bond acceptors (Lipinski definition) is 3. The highest BCUT2D eigenvalue weighted by atomic mass is 32.1. The highest BCUT2D eigenvalue weighted by molar-refractivity contribution is 7.12. The van der Waals surface area contributed by atoms with Gasteiger partial charge in [0.2, 0.25) is 5.91 Å². The van der Waals surface area contributed by atoms with Crippen LogP contribution in [-0.2, 0) is 4.79 Å². The average molecular weight is 290 g/mol. The van der Waals surface area contributed by atoms with Crippen LogP contribution in [0.25, 0.3) is 0 Å². The van der Waals surface area contributed by atoms with E-state index in [1.165, 1.54) is 11.3 Å². The molecule has 0 spiro atoms. The molecule has 2 rings (SSSR count). The summed E-state index contributed by atoms with van der Waals surface area (Å²) in [7, 11) is 0. The molecule has 0 aliphatic carbocycles. The molecule has 0 atom stereocenters. The van der Waals surface area contributed by atoms with Crippen LogP contribution < -0.4 is 0 Å². The van der Waals surface area contributed by atoms with E-state index in [1.54, 1.807) is 17.1 Å². The van der Waals surface area contributed by atoms with Gasteiger partial charge < -0.3 is 9.80 Å². The first-order valence-corrected chi connectivity index (χ1v) is 7.51. The molecule has 1 aliphatic rings. The molecule has 106 valence electrons. The summed E-state index contributed by atoms with van der Waals surface area (Å²) in [6.07, 6.45) is 7.01. The molecule has 2 amide bonds. The van der Waals surface area contributed by atoms with Crippen molar-refractivity contribution in [2.75, 3.05) is 26.2 Å². The number of carbonyl (C=O) groups is 2. The zero-order valence-corrected chi connectivity index (χ0v) is 12.3. The fourth-order valence-corrected chi connectivity index (χ4v) is 2.73. The van der Waals surface area contributed by atoms with E-state index < -0.39 is 0 Å². The van der Waals surface area contributed by atoms with E-state index in [2.05, 4.69) is 0 Å². The van der Waals surface area contributed by atoms with Gasteiger partial charge in [-0.3, -0.25) is 9.59 Å². The lowest BCUT2D eigenvalue weighted by Crippen LogP contribution is -2.50. The molecule has 1 fully saturated rings. The molecule has 1 aliphatic heterocycles. The quantitative estimate of drug-likeness (QED) is 0.632. The summed E-state index contributed by atoms with van der Waals surface area (Å²) in [6, 6.07) is 3.72. The molecule has 0 saturated carbocycles. The molecule has 0 aromatic carbocycles. The van der Waals surface area contributed by atoms with Crippen LogP contribution in [0, 0.1) is 0 Å². The summed E-state index contributed by atoms with van der Waals surface area (Å²) >= 11 is 1.45. The predicted molar refractivity (Wildman–Crippen MR) is 80.8 cm³/mol. The predicted octanol–water partition coefficient (Wildman–Crippen LogP) is 2.16. The summed E-state index contributed by atoms with van der Waals surface area (Å²) in [5.41, 5.74) is 0. The normalized spacial score (nSPS) is 16.2. The van der Waals surface area contributed by atoms with Gasteiger partial charge in [-0.05, 0) is 18.4 Å². The number of thiophene rings is 1. The molecule has 0 N–H and O–H groups in total. The Bertz CT molecular complexity index is 512. The van der Waals surface area contributed by atoms with E-state index in [0.717, 1.165) is 4.88 Å². The second-order valence-electron chi connectivity index (χ2n) is 4.48. The number of carbonyl (C=O) groups excluding carboxylic acids is 2. The third-order valence-electron chi connectivity index (χ3n) is 3.15. The smallest absolute Gasteiger partial charge is 0.264 e. The van der Waals surface area contributed by atoms with Gasteiger partial charge >= 0.3 is 0 Å². The summed E-state index contributed by atoms with van der Waals surface area (Å²) < 4.78 is 0. The monoisotopic (exact) mass is 290 g/mol. The summed E-state index contributed by atoms with van der Waals surface area (Å²) in [4.78, 5) is 28.4. The van der Waals surface area contributed by atoms with Gasteiger partial charge in [0.05, 0.1) is 4.88 Å². The zero-order valence-electron chi connectivity index (χ0n) is 11.5. The molecule has 1 saturated heterocycles. The van der Waals surface area contributed by atoms with Gasteiger partial charge in [0.1, 0.15) is 0 Å². The molecule has 20 heavy (non-hydrogen) atoms. The second kappa shape index (κ2) is 7.05. The maximum atomic E-state index is 12.2. The van der Waals surface area contributed by atoms with Crippen LogP contribution in [-0.4, -0.2) is 47.8 Å². The van der Waals surface area contributed by atoms with Gasteiger partial charge in [0.25, 0.3) is 5.91 Å². The summed E-state index contributed by atoms with van der Waals surface area (Å²) in [5, 5.41) is 1.90. The molecule has 1 aromatic heterocycles. The van der Waals surface area contributed by atoms with Gasteiger partial charge in [-0.15, -0.1) is 11.3 Å². The van der Waals surface area contributed by atoms with Crippen LogP contribution in [0.5, 0.6) is 0 Å². The lowest BCUT2D eigenvalue weighted by Gasteiger charge is -2.34. The fraction of sp³-hybridized carbons (Fsp3) is 0.333. The first kappa shape index (κ1) is 14.5. The SMILES string of the molecule is C/C=C/C=C/C(=O)N1CCN(C(=O)c2cccs2)CC1. The lowest BCUT2D eigenvalue weighted by atomic mass is 10.2. The molecule has 0 radical (unpaired) electrons. The van der Waals surface area contributed by atoms with E-state index in [1.807, 2.05) is 41.5 Å². The number of allylic oxidation sites excluding steroid dienone is 3. The van der Waals surface area contributed by atoms with Crippen molar-refractivity contribution in [3.05, 3.63) is 46.7 Å². The van der Waals surface area contributed by atoms with Crippen molar-refractivity contribution in [3.8, 4) is 0 Å². The van der Waals surface area contributed by atoms with E-state index in [-0.39, 0.29) is 11.8 Å². The number of nitrogens with zero attached hydrogens (tertiary/aromatic N) is 2. The van der Waals surface area contributed by atoms with Gasteiger partial charge in [-0.2, -0.15) is 0 Å². The third kappa shape index (κ3) is 3.57. The Morgan fingerprint density at radius 2 is 1.85 bits per heavy atom. The number of piperazine rings is 1. The Kier molecular flexibility index (Phi) is 5.12. The summed E-state index contributed by atoms with van der Waals surface area (Å²) in [5.74, 6) is 0.0721. The molecule has 2 heterocycles. The number of rotatable bonds is 3. The molecule has 1 aromatic rings.